The average molecular weight is 510 g/mol. The number of anilines is 1. The highest BCUT2D eigenvalue weighted by Crippen LogP contribution is 2.34. The summed E-state index contributed by atoms with van der Waals surface area (Å²) in [6.07, 6.45) is 7.63. The van der Waals surface area contributed by atoms with Crippen LogP contribution in [0.1, 0.15) is 59.3 Å². The molecule has 0 amide bonds. The maximum Gasteiger partial charge on any atom is 0.181 e. The number of fused-ring (bicyclic) bond motifs is 1. The van der Waals surface area contributed by atoms with Gasteiger partial charge in [-0.05, 0) is 61.4 Å². The van der Waals surface area contributed by atoms with Crippen LogP contribution in [0.2, 0.25) is 5.02 Å². The minimum Gasteiger partial charge on any atom is -0.484 e. The first kappa shape index (κ1) is 24.8. The Hall–Kier alpha value is -2.87. The van der Waals surface area contributed by atoms with Gasteiger partial charge in [-0.25, -0.2) is 4.98 Å². The molecule has 0 radical (unpaired) electrons. The largest absolute Gasteiger partial charge is 0.484 e. The van der Waals surface area contributed by atoms with Gasteiger partial charge < -0.3 is 19.6 Å². The van der Waals surface area contributed by atoms with Gasteiger partial charge in [0.15, 0.2) is 17.9 Å². The summed E-state index contributed by atoms with van der Waals surface area (Å²) in [7, 11) is 0. The van der Waals surface area contributed by atoms with Gasteiger partial charge in [0, 0.05) is 43.3 Å². The lowest BCUT2D eigenvalue weighted by atomic mass is 9.93. The van der Waals surface area contributed by atoms with E-state index in [1.807, 2.05) is 36.4 Å². The summed E-state index contributed by atoms with van der Waals surface area (Å²) in [4.78, 5) is 18.8. The highest BCUT2D eigenvalue weighted by molar-refractivity contribution is 6.33. The Morgan fingerprint density at radius 1 is 1.31 bits per heavy atom. The summed E-state index contributed by atoms with van der Waals surface area (Å²) >= 11 is 6.63. The number of hydrogen-bond donors (Lipinski definition) is 2. The number of nitrogens with one attached hydrogen (secondary N) is 1. The summed E-state index contributed by atoms with van der Waals surface area (Å²) < 4.78 is 11.0. The predicted octanol–water partition coefficient (Wildman–Crippen LogP) is 5.25. The van der Waals surface area contributed by atoms with E-state index in [0.717, 1.165) is 29.8 Å². The van der Waals surface area contributed by atoms with Gasteiger partial charge in [0.25, 0.3) is 0 Å². The van der Waals surface area contributed by atoms with Crippen molar-refractivity contribution in [3.63, 3.8) is 0 Å². The number of carbonyl (C=O) groups is 1. The molecule has 3 aromatic rings. The molecule has 2 aliphatic rings. The molecule has 1 atom stereocenters. The normalized spacial score (nSPS) is 16.7. The van der Waals surface area contributed by atoms with Crippen molar-refractivity contribution in [1.82, 2.24) is 9.88 Å². The van der Waals surface area contributed by atoms with Crippen molar-refractivity contribution in [3.8, 4) is 5.75 Å². The molecule has 1 aromatic heterocycles. The zero-order chi connectivity index (χ0) is 24.9. The number of nitrogens with zero attached hydrogens (tertiary/aromatic N) is 2. The van der Waals surface area contributed by atoms with Crippen molar-refractivity contribution in [2.24, 2.45) is 0 Å². The van der Waals surface area contributed by atoms with Crippen LogP contribution in [0.3, 0.4) is 0 Å². The third-order valence-corrected chi connectivity index (χ3v) is 7.48. The Labute approximate surface area is 216 Å². The lowest BCUT2D eigenvalue weighted by Crippen LogP contribution is -2.37. The van der Waals surface area contributed by atoms with Crippen molar-refractivity contribution in [3.05, 3.63) is 76.5 Å². The molecule has 2 heterocycles. The van der Waals surface area contributed by atoms with Crippen LogP contribution in [-0.4, -0.2) is 46.0 Å². The minimum absolute atomic E-state index is 0.0694. The number of hydrogen-bond acceptors (Lipinski definition) is 7. The highest BCUT2D eigenvalue weighted by Gasteiger charge is 2.23. The molecule has 1 fully saturated rings. The third kappa shape index (κ3) is 6.09. The van der Waals surface area contributed by atoms with Gasteiger partial charge in [-0.1, -0.05) is 29.8 Å². The molecular weight excluding hydrogens is 478 g/mol. The van der Waals surface area contributed by atoms with E-state index in [0.29, 0.717) is 54.1 Å². The molecule has 0 unspecified atom stereocenters. The highest BCUT2D eigenvalue weighted by atomic mass is 35.5. The molecular formula is C28H32ClN3O4. The molecule has 36 heavy (non-hydrogen) atoms. The number of rotatable bonds is 11. The van der Waals surface area contributed by atoms with Gasteiger partial charge in [0.05, 0.1) is 17.3 Å². The van der Waals surface area contributed by atoms with Crippen LogP contribution in [0, 0.1) is 0 Å². The van der Waals surface area contributed by atoms with Gasteiger partial charge >= 0.3 is 0 Å². The molecule has 1 aliphatic heterocycles. The molecule has 2 N–H and O–H groups in total. The summed E-state index contributed by atoms with van der Waals surface area (Å²) in [5, 5.41) is 14.8. The first-order valence-electron chi connectivity index (χ1n) is 12.7. The standard InChI is InChI=1S/C28H32ClN3O4/c29-28-25-11-12-32(15-20(25)7-10-27(28)35-17-24-14-30-18-36-24)16-23(33)8-9-26(34)19-3-1-6-22(13-19)31-21-4-2-5-21/h1,3,6-7,10,13-14,18,21,23,31,33H,2,4-5,8-9,11-12,15-17H2/t23-/m0/s1. The number of β-amino-alcohol motifs (C(OH)–C–C–N with tert-alkyl or cyclic N) is 1. The van der Waals surface area contributed by atoms with E-state index in [9.17, 15) is 9.90 Å². The van der Waals surface area contributed by atoms with Gasteiger partial charge in [-0.15, -0.1) is 0 Å². The number of halogens is 1. The lowest BCUT2D eigenvalue weighted by Gasteiger charge is -2.31. The van der Waals surface area contributed by atoms with Crippen LogP contribution >= 0.6 is 11.6 Å². The minimum atomic E-state index is -0.563. The Kier molecular flexibility index (Phi) is 7.90. The molecule has 0 saturated heterocycles. The molecule has 7 nitrogen and oxygen atoms in total. The van der Waals surface area contributed by atoms with Crippen molar-refractivity contribution in [2.45, 2.75) is 63.8 Å². The zero-order valence-corrected chi connectivity index (χ0v) is 21.0. The third-order valence-electron chi connectivity index (χ3n) is 7.06. The Balaban J connectivity index is 1.10. The van der Waals surface area contributed by atoms with Crippen LogP contribution in [0.15, 0.2) is 53.4 Å². The summed E-state index contributed by atoms with van der Waals surface area (Å²) in [5.41, 5.74) is 3.93. The van der Waals surface area contributed by atoms with E-state index in [1.54, 1.807) is 6.20 Å². The van der Waals surface area contributed by atoms with Crippen molar-refractivity contribution < 1.29 is 19.1 Å². The van der Waals surface area contributed by atoms with E-state index in [-0.39, 0.29) is 12.4 Å². The van der Waals surface area contributed by atoms with Crippen LogP contribution in [0.4, 0.5) is 5.69 Å². The molecule has 5 rings (SSSR count). The molecule has 1 aliphatic carbocycles. The maximum atomic E-state index is 12.7. The number of benzene rings is 2. The molecule has 2 aromatic carbocycles. The number of aromatic nitrogens is 1. The van der Waals surface area contributed by atoms with E-state index in [1.165, 1.54) is 25.7 Å². The van der Waals surface area contributed by atoms with E-state index in [4.69, 9.17) is 20.8 Å². The van der Waals surface area contributed by atoms with Crippen molar-refractivity contribution in [1.29, 1.82) is 0 Å². The SMILES string of the molecule is O=C(CC[C@H](O)CN1CCc2c(ccc(OCc3cnco3)c2Cl)C1)c1cccc(NC2CCC2)c1. The van der Waals surface area contributed by atoms with Crippen molar-refractivity contribution >= 4 is 23.1 Å². The van der Waals surface area contributed by atoms with E-state index >= 15 is 0 Å². The maximum absolute atomic E-state index is 12.7. The monoisotopic (exact) mass is 509 g/mol. The zero-order valence-electron chi connectivity index (χ0n) is 20.3. The van der Waals surface area contributed by atoms with Gasteiger partial charge in [0.2, 0.25) is 0 Å². The fourth-order valence-electron chi connectivity index (χ4n) is 4.78. The van der Waals surface area contributed by atoms with Crippen LogP contribution in [0.25, 0.3) is 0 Å². The number of aliphatic hydroxyl groups is 1. The number of oxazole rings is 1. The van der Waals surface area contributed by atoms with E-state index in [2.05, 4.69) is 15.2 Å². The quantitative estimate of drug-likeness (QED) is 0.341. The van der Waals surface area contributed by atoms with Gasteiger partial charge in [-0.2, -0.15) is 0 Å². The van der Waals surface area contributed by atoms with Crippen LogP contribution < -0.4 is 10.1 Å². The van der Waals surface area contributed by atoms with Crippen LogP contribution in [0.5, 0.6) is 5.75 Å². The number of Topliss-reactive ketones (excluding diaryl/α,β-unsaturated/α-hetero) is 1. The smallest absolute Gasteiger partial charge is 0.181 e. The van der Waals surface area contributed by atoms with Crippen molar-refractivity contribution in [2.75, 3.05) is 18.4 Å². The second kappa shape index (κ2) is 11.5. The molecule has 0 spiro atoms. The number of ketones is 1. The molecule has 8 heteroatoms. The number of aliphatic hydroxyl groups excluding tert-OH is 1. The molecule has 190 valence electrons. The first-order chi connectivity index (χ1) is 17.5. The Bertz CT molecular complexity index is 1180. The second-order valence-electron chi connectivity index (χ2n) is 9.73. The summed E-state index contributed by atoms with van der Waals surface area (Å²) in [6, 6.07) is 12.2. The van der Waals surface area contributed by atoms with Gasteiger partial charge in [0.1, 0.15) is 12.4 Å². The number of carbonyl (C=O) groups excluding carboxylic acids is 1. The Morgan fingerprint density at radius 3 is 2.97 bits per heavy atom. The fraction of sp³-hybridized carbons (Fsp3) is 0.429. The number of ether oxygens (including phenoxy) is 1. The topological polar surface area (TPSA) is 87.8 Å². The van der Waals surface area contributed by atoms with Crippen LogP contribution in [-0.2, 0) is 19.6 Å². The lowest BCUT2D eigenvalue weighted by molar-refractivity contribution is 0.0836. The van der Waals surface area contributed by atoms with Gasteiger partial charge in [-0.3, -0.25) is 9.69 Å². The fourth-order valence-corrected chi connectivity index (χ4v) is 5.11. The summed E-state index contributed by atoms with van der Waals surface area (Å²) in [5.74, 6) is 1.34. The Morgan fingerprint density at radius 2 is 2.19 bits per heavy atom. The summed E-state index contributed by atoms with van der Waals surface area (Å²) in [6.45, 7) is 2.30. The van der Waals surface area contributed by atoms with E-state index < -0.39 is 6.10 Å². The molecule has 0 bridgehead atoms. The first-order valence-corrected chi connectivity index (χ1v) is 13.0. The average Bonchev–Trinajstić information content (AvgIpc) is 3.38. The molecule has 1 saturated carbocycles. The second-order valence-corrected chi connectivity index (χ2v) is 10.1. The predicted molar refractivity (Wildman–Crippen MR) is 139 cm³/mol.